The van der Waals surface area contributed by atoms with Crippen molar-refractivity contribution in [2.24, 2.45) is 0 Å². The Kier molecular flexibility index (Phi) is 65.9. The first-order valence-corrected chi connectivity index (χ1v) is 35.4. The highest BCUT2D eigenvalue weighted by Crippen LogP contribution is 2.19. The van der Waals surface area contributed by atoms with E-state index in [2.05, 4.69) is 31.3 Å². The van der Waals surface area contributed by atoms with E-state index < -0.39 is 12.1 Å². The zero-order valence-corrected chi connectivity index (χ0v) is 52.5. The molecule has 0 spiro atoms. The monoisotopic (exact) mass is 1090 g/mol. The van der Waals surface area contributed by atoms with E-state index in [4.69, 9.17) is 4.74 Å². The fourth-order valence-electron chi connectivity index (χ4n) is 11.4. The molecule has 0 fully saturated rings. The number of aliphatic hydroxyl groups excluding tert-OH is 2. The van der Waals surface area contributed by atoms with Crippen molar-refractivity contribution >= 4 is 11.9 Å². The molecular formula is C71H139NO5. The maximum Gasteiger partial charge on any atom is 0.305 e. The van der Waals surface area contributed by atoms with Crippen LogP contribution >= 0.6 is 0 Å². The lowest BCUT2D eigenvalue weighted by atomic mass is 10.0. The molecule has 0 aromatic carbocycles. The first-order valence-electron chi connectivity index (χ1n) is 35.4. The van der Waals surface area contributed by atoms with Gasteiger partial charge in [0.15, 0.2) is 0 Å². The Morgan fingerprint density at radius 2 is 0.610 bits per heavy atom. The fraction of sp³-hybridized carbons (Fsp3) is 0.944. The third-order valence-corrected chi connectivity index (χ3v) is 16.8. The molecule has 3 N–H and O–H groups in total. The van der Waals surface area contributed by atoms with Crippen LogP contribution in [0.4, 0.5) is 0 Å². The fourth-order valence-corrected chi connectivity index (χ4v) is 11.4. The average Bonchev–Trinajstić information content (AvgIpc) is 3.43. The zero-order valence-electron chi connectivity index (χ0n) is 52.5. The number of hydrogen-bond acceptors (Lipinski definition) is 5. The van der Waals surface area contributed by atoms with Crippen molar-refractivity contribution in [1.29, 1.82) is 0 Å². The number of esters is 1. The molecule has 1 amide bonds. The average molecular weight is 1090 g/mol. The molecule has 6 nitrogen and oxygen atoms in total. The quantitative estimate of drug-likeness (QED) is 0.0320. The Morgan fingerprint density at radius 1 is 0.351 bits per heavy atom. The SMILES string of the molecule is CCCCCC/C=C\CCCCCCCC(=O)OCCCCCCCCCCCCCCCCCCCCCCCCCCCCCCCCCCCCCCCC(=O)NC(CO)C(O)CCCCCCCCCCCC. The van der Waals surface area contributed by atoms with Crippen LogP contribution in [0.5, 0.6) is 0 Å². The molecule has 458 valence electrons. The molecule has 6 heteroatoms. The number of carbonyl (C=O) groups is 2. The van der Waals surface area contributed by atoms with Gasteiger partial charge in [0.2, 0.25) is 5.91 Å². The summed E-state index contributed by atoms with van der Waals surface area (Å²) in [6, 6.07) is -0.534. The standard InChI is InChI=1S/C71H139NO5/c1-3-5-7-9-11-13-15-41-45-49-53-57-61-65-71(76)77-66-62-58-54-50-46-43-40-38-36-34-32-30-28-26-24-22-20-18-16-17-19-21-23-25-27-29-31-33-35-37-39-42-44-48-52-56-60-64-70(75)72-68(67-73)69(74)63-59-55-51-47-14-12-10-8-6-4-2/h13,15,68-69,73-74H,3-12,14,16-67H2,1-2H3,(H,72,75)/b15-13-. The zero-order chi connectivity index (χ0) is 55.7. The van der Waals surface area contributed by atoms with Crippen molar-refractivity contribution in [2.75, 3.05) is 13.2 Å². The number of ether oxygens (including phenoxy) is 1. The molecule has 0 saturated carbocycles. The number of nitrogens with one attached hydrogen (secondary N) is 1. The predicted molar refractivity (Wildman–Crippen MR) is 338 cm³/mol. The Bertz CT molecular complexity index is 1160. The van der Waals surface area contributed by atoms with E-state index in [1.165, 1.54) is 327 Å². The van der Waals surface area contributed by atoms with Crippen molar-refractivity contribution in [1.82, 2.24) is 5.32 Å². The Hall–Kier alpha value is -1.40. The van der Waals surface area contributed by atoms with Crippen LogP contribution in [0.2, 0.25) is 0 Å². The summed E-state index contributed by atoms with van der Waals surface area (Å²) in [4.78, 5) is 24.5. The molecule has 2 unspecified atom stereocenters. The smallest absolute Gasteiger partial charge is 0.305 e. The second-order valence-electron chi connectivity index (χ2n) is 24.6. The van der Waals surface area contributed by atoms with E-state index in [1.54, 1.807) is 0 Å². The molecule has 0 saturated heterocycles. The minimum absolute atomic E-state index is 0.0147. The summed E-state index contributed by atoms with van der Waals surface area (Å²) in [7, 11) is 0. The summed E-state index contributed by atoms with van der Waals surface area (Å²) in [5.74, 6) is -0.0140. The van der Waals surface area contributed by atoms with E-state index in [0.29, 0.717) is 25.9 Å². The molecule has 0 heterocycles. The normalized spacial score (nSPS) is 12.5. The number of unbranched alkanes of at least 4 members (excludes halogenated alkanes) is 54. The Morgan fingerprint density at radius 3 is 0.935 bits per heavy atom. The van der Waals surface area contributed by atoms with Gasteiger partial charge in [0.05, 0.1) is 25.4 Å². The topological polar surface area (TPSA) is 95.9 Å². The van der Waals surface area contributed by atoms with Crippen LogP contribution in [0.1, 0.15) is 406 Å². The number of carbonyl (C=O) groups excluding carboxylic acids is 2. The summed E-state index contributed by atoms with van der Waals surface area (Å²) in [6.45, 7) is 4.95. The van der Waals surface area contributed by atoms with Crippen LogP contribution in [-0.4, -0.2) is 47.4 Å². The van der Waals surface area contributed by atoms with Gasteiger partial charge >= 0.3 is 5.97 Å². The number of hydrogen-bond donors (Lipinski definition) is 3. The third kappa shape index (κ3) is 63.6. The number of amides is 1. The summed E-state index contributed by atoms with van der Waals surface area (Å²) in [5.41, 5.74) is 0. The second kappa shape index (κ2) is 67.1. The van der Waals surface area contributed by atoms with E-state index >= 15 is 0 Å². The van der Waals surface area contributed by atoms with E-state index in [1.807, 2.05) is 0 Å². The van der Waals surface area contributed by atoms with Gasteiger partial charge in [-0.25, -0.2) is 0 Å². The van der Waals surface area contributed by atoms with Gasteiger partial charge in [-0.15, -0.1) is 0 Å². The first-order chi connectivity index (χ1) is 38.0. The summed E-state index contributed by atoms with van der Waals surface area (Å²) in [6.07, 6.45) is 82.9. The molecule has 0 aromatic heterocycles. The molecule has 0 aliphatic heterocycles. The van der Waals surface area contributed by atoms with Gasteiger partial charge in [0.1, 0.15) is 0 Å². The molecule has 0 bridgehead atoms. The first kappa shape index (κ1) is 75.6. The highest BCUT2D eigenvalue weighted by atomic mass is 16.5. The Balaban J connectivity index is 3.26. The third-order valence-electron chi connectivity index (χ3n) is 16.8. The highest BCUT2D eigenvalue weighted by molar-refractivity contribution is 5.76. The summed E-state index contributed by atoms with van der Waals surface area (Å²) in [5, 5.41) is 23.2. The van der Waals surface area contributed by atoms with Crippen molar-refractivity contribution in [2.45, 2.75) is 418 Å². The largest absolute Gasteiger partial charge is 0.466 e. The Labute approximate surface area is 482 Å². The lowest BCUT2D eigenvalue weighted by molar-refractivity contribution is -0.143. The van der Waals surface area contributed by atoms with Gasteiger partial charge in [-0.3, -0.25) is 9.59 Å². The van der Waals surface area contributed by atoms with Crippen LogP contribution in [-0.2, 0) is 14.3 Å². The lowest BCUT2D eigenvalue weighted by Crippen LogP contribution is -2.45. The second-order valence-corrected chi connectivity index (χ2v) is 24.6. The van der Waals surface area contributed by atoms with Crippen molar-refractivity contribution in [3.8, 4) is 0 Å². The van der Waals surface area contributed by atoms with Crippen LogP contribution < -0.4 is 5.32 Å². The van der Waals surface area contributed by atoms with Gasteiger partial charge in [0.25, 0.3) is 0 Å². The van der Waals surface area contributed by atoms with Crippen LogP contribution in [0, 0.1) is 0 Å². The predicted octanol–water partition coefficient (Wildman–Crippen LogP) is 22.8. The molecule has 0 radical (unpaired) electrons. The maximum absolute atomic E-state index is 12.4. The number of rotatable bonds is 67. The molecule has 2 atom stereocenters. The van der Waals surface area contributed by atoms with E-state index in [-0.39, 0.29) is 18.5 Å². The van der Waals surface area contributed by atoms with Gasteiger partial charge in [-0.2, -0.15) is 0 Å². The van der Waals surface area contributed by atoms with Crippen LogP contribution in [0.25, 0.3) is 0 Å². The van der Waals surface area contributed by atoms with Crippen molar-refractivity contribution in [3.63, 3.8) is 0 Å². The molecule has 0 aliphatic rings. The minimum Gasteiger partial charge on any atom is -0.466 e. The van der Waals surface area contributed by atoms with Crippen molar-refractivity contribution < 1.29 is 24.5 Å². The van der Waals surface area contributed by atoms with Gasteiger partial charge in [-0.05, 0) is 51.4 Å². The van der Waals surface area contributed by atoms with E-state index in [0.717, 1.165) is 44.9 Å². The molecular weight excluding hydrogens is 947 g/mol. The lowest BCUT2D eigenvalue weighted by Gasteiger charge is -2.22. The highest BCUT2D eigenvalue weighted by Gasteiger charge is 2.20. The molecule has 0 aliphatic carbocycles. The number of allylic oxidation sites excluding steroid dienone is 2. The van der Waals surface area contributed by atoms with Crippen molar-refractivity contribution in [3.05, 3.63) is 12.2 Å². The van der Waals surface area contributed by atoms with Crippen LogP contribution in [0.15, 0.2) is 12.2 Å². The summed E-state index contributed by atoms with van der Waals surface area (Å²) < 4.78 is 5.48. The van der Waals surface area contributed by atoms with Gasteiger partial charge in [0, 0.05) is 12.8 Å². The molecule has 0 aromatic rings. The molecule has 77 heavy (non-hydrogen) atoms. The summed E-state index contributed by atoms with van der Waals surface area (Å²) >= 11 is 0. The minimum atomic E-state index is -0.657. The van der Waals surface area contributed by atoms with Gasteiger partial charge in [-0.1, -0.05) is 353 Å². The maximum atomic E-state index is 12.4. The van der Waals surface area contributed by atoms with Crippen LogP contribution in [0.3, 0.4) is 0 Å². The molecule has 0 rings (SSSR count). The number of aliphatic hydroxyl groups is 2. The van der Waals surface area contributed by atoms with Gasteiger partial charge < -0.3 is 20.3 Å². The van der Waals surface area contributed by atoms with E-state index in [9.17, 15) is 19.8 Å².